The van der Waals surface area contributed by atoms with E-state index in [9.17, 15) is 9.90 Å². The van der Waals surface area contributed by atoms with Crippen LogP contribution in [0.5, 0.6) is 0 Å². The number of rotatable bonds is 3. The van der Waals surface area contributed by atoms with E-state index >= 15 is 0 Å². The zero-order valence-corrected chi connectivity index (χ0v) is 17.4. The molecule has 0 aliphatic carbocycles. The first-order chi connectivity index (χ1) is 14.2. The molecule has 0 saturated heterocycles. The molecule has 7 heteroatoms. The number of aromatic nitrogens is 4. The van der Waals surface area contributed by atoms with E-state index in [0.717, 1.165) is 5.56 Å². The minimum atomic E-state index is -1.09. The zero-order chi connectivity index (χ0) is 21.5. The molecule has 30 heavy (non-hydrogen) atoms. The van der Waals surface area contributed by atoms with Gasteiger partial charge in [0.1, 0.15) is 23.4 Å². The number of pyridine rings is 1. The molecular formula is C23H23N5O2. The third kappa shape index (κ3) is 3.82. The molecule has 1 amide bonds. The summed E-state index contributed by atoms with van der Waals surface area (Å²) in [5.74, 6) is 6.82. The Morgan fingerprint density at radius 2 is 2.00 bits per heavy atom. The number of aliphatic hydroxyl groups is 1. The summed E-state index contributed by atoms with van der Waals surface area (Å²) in [6.45, 7) is 7.80. The molecular weight excluding hydrogens is 378 g/mol. The summed E-state index contributed by atoms with van der Waals surface area (Å²) >= 11 is 0. The number of carbonyl (C=O) groups is 1. The quantitative estimate of drug-likeness (QED) is 0.682. The van der Waals surface area contributed by atoms with Crippen molar-refractivity contribution in [1.82, 2.24) is 19.7 Å². The van der Waals surface area contributed by atoms with Crippen molar-refractivity contribution < 1.29 is 9.90 Å². The molecule has 3 aromatic rings. The molecule has 3 heterocycles. The van der Waals surface area contributed by atoms with Gasteiger partial charge in [-0.3, -0.25) is 9.69 Å². The van der Waals surface area contributed by atoms with Crippen molar-refractivity contribution in [2.75, 3.05) is 4.90 Å². The summed E-state index contributed by atoms with van der Waals surface area (Å²) < 4.78 is 1.94. The molecule has 0 unspecified atom stereocenters. The number of amides is 1. The van der Waals surface area contributed by atoms with Gasteiger partial charge in [0.15, 0.2) is 5.82 Å². The van der Waals surface area contributed by atoms with Gasteiger partial charge in [-0.15, -0.1) is 10.2 Å². The van der Waals surface area contributed by atoms with Gasteiger partial charge < -0.3 is 9.67 Å². The Bertz CT molecular complexity index is 1180. The largest absolute Gasteiger partial charge is 0.378 e. The molecule has 4 rings (SSSR count). The summed E-state index contributed by atoms with van der Waals surface area (Å²) in [7, 11) is 0. The van der Waals surface area contributed by atoms with Crippen molar-refractivity contribution in [3.63, 3.8) is 0 Å². The topological polar surface area (TPSA) is 84.1 Å². The molecule has 0 bridgehead atoms. The van der Waals surface area contributed by atoms with Gasteiger partial charge in [0.2, 0.25) is 0 Å². The first-order valence-electron chi connectivity index (χ1n) is 9.80. The summed E-state index contributed by atoms with van der Waals surface area (Å²) in [6, 6.07) is 11.3. The minimum Gasteiger partial charge on any atom is -0.378 e. The first kappa shape index (κ1) is 19.8. The third-order valence-electron chi connectivity index (χ3n) is 4.80. The van der Waals surface area contributed by atoms with Gasteiger partial charge in [0.25, 0.3) is 5.91 Å². The number of nitrogens with zero attached hydrogens (tertiary/aromatic N) is 5. The maximum absolute atomic E-state index is 13.1. The average molecular weight is 401 g/mol. The highest BCUT2D eigenvalue weighted by molar-refractivity contribution is 6.09. The molecule has 152 valence electrons. The number of benzene rings is 1. The van der Waals surface area contributed by atoms with E-state index in [2.05, 4.69) is 40.9 Å². The SMILES string of the molecule is CC(C)n1cnnc1-c1cccc(N2Cc3ccc(C#CC(C)(C)O)cc3C2=O)n1. The second-order valence-electron chi connectivity index (χ2n) is 8.11. The van der Waals surface area contributed by atoms with Gasteiger partial charge in [-0.25, -0.2) is 4.98 Å². The van der Waals surface area contributed by atoms with Gasteiger partial charge >= 0.3 is 0 Å². The smallest absolute Gasteiger partial charge is 0.260 e. The zero-order valence-electron chi connectivity index (χ0n) is 17.4. The highest BCUT2D eigenvalue weighted by Crippen LogP contribution is 2.29. The maximum Gasteiger partial charge on any atom is 0.260 e. The van der Waals surface area contributed by atoms with Crippen molar-refractivity contribution in [3.05, 3.63) is 59.4 Å². The van der Waals surface area contributed by atoms with E-state index in [1.54, 1.807) is 31.1 Å². The van der Waals surface area contributed by atoms with E-state index in [4.69, 9.17) is 0 Å². The lowest BCUT2D eigenvalue weighted by atomic mass is 10.1. The fourth-order valence-electron chi connectivity index (χ4n) is 3.29. The summed E-state index contributed by atoms with van der Waals surface area (Å²) in [5, 5.41) is 18.0. The number of hydrogen-bond donors (Lipinski definition) is 1. The third-order valence-corrected chi connectivity index (χ3v) is 4.80. The summed E-state index contributed by atoms with van der Waals surface area (Å²) in [4.78, 5) is 19.4. The van der Waals surface area contributed by atoms with Gasteiger partial charge in [-0.05, 0) is 57.5 Å². The van der Waals surface area contributed by atoms with Gasteiger partial charge in [0.05, 0.1) is 6.54 Å². The molecule has 1 aliphatic rings. The predicted molar refractivity (Wildman–Crippen MR) is 114 cm³/mol. The highest BCUT2D eigenvalue weighted by atomic mass is 16.3. The lowest BCUT2D eigenvalue weighted by Gasteiger charge is -2.16. The van der Waals surface area contributed by atoms with Crippen molar-refractivity contribution >= 4 is 11.7 Å². The molecule has 7 nitrogen and oxygen atoms in total. The van der Waals surface area contributed by atoms with Crippen LogP contribution in [0.2, 0.25) is 0 Å². The minimum absolute atomic E-state index is 0.119. The molecule has 0 spiro atoms. The highest BCUT2D eigenvalue weighted by Gasteiger charge is 2.30. The second kappa shape index (κ2) is 7.39. The van der Waals surface area contributed by atoms with E-state index in [0.29, 0.717) is 35.0 Å². The van der Waals surface area contributed by atoms with Crippen LogP contribution in [0.4, 0.5) is 5.82 Å². The van der Waals surface area contributed by atoms with Crippen LogP contribution < -0.4 is 4.90 Å². The molecule has 0 fully saturated rings. The molecule has 1 aliphatic heterocycles. The van der Waals surface area contributed by atoms with E-state index in [1.807, 2.05) is 34.9 Å². The lowest BCUT2D eigenvalue weighted by Crippen LogP contribution is -2.24. The number of hydrogen-bond acceptors (Lipinski definition) is 5. The van der Waals surface area contributed by atoms with Crippen molar-refractivity contribution in [2.45, 2.75) is 45.9 Å². The van der Waals surface area contributed by atoms with Crippen LogP contribution in [0.15, 0.2) is 42.7 Å². The Balaban J connectivity index is 1.65. The normalized spacial score (nSPS) is 13.4. The van der Waals surface area contributed by atoms with Crippen molar-refractivity contribution in [2.24, 2.45) is 0 Å². The number of fused-ring (bicyclic) bond motifs is 1. The van der Waals surface area contributed by atoms with Crippen LogP contribution >= 0.6 is 0 Å². The fraction of sp³-hybridized carbons (Fsp3) is 0.304. The second-order valence-corrected chi connectivity index (χ2v) is 8.11. The predicted octanol–water partition coefficient (Wildman–Crippen LogP) is 3.20. The van der Waals surface area contributed by atoms with Crippen LogP contribution in [-0.4, -0.2) is 36.4 Å². The van der Waals surface area contributed by atoms with Crippen LogP contribution in [0, 0.1) is 11.8 Å². The summed E-state index contributed by atoms with van der Waals surface area (Å²) in [5.41, 5.74) is 1.80. The van der Waals surface area contributed by atoms with Gasteiger partial charge in [0, 0.05) is 17.2 Å². The van der Waals surface area contributed by atoms with Crippen LogP contribution in [-0.2, 0) is 6.54 Å². The average Bonchev–Trinajstić information content (AvgIpc) is 3.31. The lowest BCUT2D eigenvalue weighted by molar-refractivity contribution is 0.0996. The number of anilines is 1. The van der Waals surface area contributed by atoms with Crippen molar-refractivity contribution in [3.8, 4) is 23.4 Å². The Morgan fingerprint density at radius 3 is 2.73 bits per heavy atom. The molecule has 0 saturated carbocycles. The standard InChI is InChI=1S/C23H23N5O2/c1-15(2)28-14-24-26-21(28)19-6-5-7-20(25-19)27-13-17-9-8-16(10-11-23(3,4)30)12-18(17)22(27)29/h5-9,12,14-15,30H,13H2,1-4H3. The Labute approximate surface area is 175 Å². The van der Waals surface area contributed by atoms with E-state index < -0.39 is 5.60 Å². The molecule has 2 aromatic heterocycles. The molecule has 1 aromatic carbocycles. The van der Waals surface area contributed by atoms with Crippen molar-refractivity contribution in [1.29, 1.82) is 0 Å². The van der Waals surface area contributed by atoms with Gasteiger partial charge in [-0.1, -0.05) is 24.0 Å². The number of carbonyl (C=O) groups excluding carboxylic acids is 1. The Kier molecular flexibility index (Phi) is 4.88. The molecule has 0 radical (unpaired) electrons. The van der Waals surface area contributed by atoms with Crippen LogP contribution in [0.3, 0.4) is 0 Å². The molecule has 0 atom stereocenters. The van der Waals surface area contributed by atoms with Crippen LogP contribution in [0.25, 0.3) is 11.5 Å². The monoisotopic (exact) mass is 401 g/mol. The van der Waals surface area contributed by atoms with Crippen LogP contribution in [0.1, 0.15) is 55.2 Å². The van der Waals surface area contributed by atoms with Gasteiger partial charge in [-0.2, -0.15) is 0 Å². The van der Waals surface area contributed by atoms with E-state index in [1.165, 1.54) is 0 Å². The molecule has 1 N–H and O–H groups in total. The Hall–Kier alpha value is -3.50. The Morgan fingerprint density at radius 1 is 1.20 bits per heavy atom. The fourth-order valence-corrected chi connectivity index (χ4v) is 3.29. The van der Waals surface area contributed by atoms with E-state index in [-0.39, 0.29) is 11.9 Å². The first-order valence-corrected chi connectivity index (χ1v) is 9.80. The summed E-state index contributed by atoms with van der Waals surface area (Å²) in [6.07, 6.45) is 1.68. The maximum atomic E-state index is 13.1.